The quantitative estimate of drug-likeness (QED) is 0.662. The Morgan fingerprint density at radius 2 is 1.88 bits per heavy atom. The number of aryl methyl sites for hydroxylation is 1. The first-order valence-electron chi connectivity index (χ1n) is 10.4. The van der Waals surface area contributed by atoms with Gasteiger partial charge in [0, 0.05) is 18.0 Å². The average Bonchev–Trinajstić information content (AvgIpc) is 3.33. The zero-order valence-corrected chi connectivity index (χ0v) is 19.5. The molecular weight excluding hydrogens is 430 g/mol. The van der Waals surface area contributed by atoms with Gasteiger partial charge < -0.3 is 14.6 Å². The first-order valence-corrected chi connectivity index (χ1v) is 12.3. The van der Waals surface area contributed by atoms with Crippen LogP contribution < -0.4 is 5.32 Å². The number of nitrogens with zero attached hydrogens (tertiary/aromatic N) is 2. The molecule has 8 nitrogen and oxygen atoms in total. The predicted molar refractivity (Wildman–Crippen MR) is 119 cm³/mol. The van der Waals surface area contributed by atoms with Crippen LogP contribution in [-0.4, -0.2) is 37.7 Å². The van der Waals surface area contributed by atoms with E-state index in [1.54, 1.807) is 6.92 Å². The standard InChI is InChI=1S/C23H27N3O5S/c1-14-9-10-18(32(4,29)30)11-19(14)23(28)31-13-21(27)25-22-20(12-24)15(2)16(3)26(22)17-7-5-6-8-17/h9-11,17H,5-8,13H2,1-4H3,(H,25,27). The molecule has 1 aromatic carbocycles. The lowest BCUT2D eigenvalue weighted by Gasteiger charge is -2.19. The Kier molecular flexibility index (Phi) is 6.74. The molecule has 32 heavy (non-hydrogen) atoms. The second kappa shape index (κ2) is 9.17. The number of benzene rings is 1. The fourth-order valence-electron chi connectivity index (χ4n) is 4.13. The van der Waals surface area contributed by atoms with Crippen molar-refractivity contribution in [2.24, 2.45) is 0 Å². The molecule has 1 aliphatic rings. The third-order valence-corrected chi connectivity index (χ3v) is 7.12. The van der Waals surface area contributed by atoms with E-state index in [0.29, 0.717) is 16.9 Å². The highest BCUT2D eigenvalue weighted by atomic mass is 32.2. The summed E-state index contributed by atoms with van der Waals surface area (Å²) in [6.07, 6.45) is 5.21. The van der Waals surface area contributed by atoms with Crippen molar-refractivity contribution in [1.82, 2.24) is 4.57 Å². The summed E-state index contributed by atoms with van der Waals surface area (Å²) in [6, 6.07) is 6.57. The molecule has 1 heterocycles. The van der Waals surface area contributed by atoms with Crippen LogP contribution in [0.3, 0.4) is 0 Å². The second-order valence-corrected chi connectivity index (χ2v) is 10.2. The molecule has 1 fully saturated rings. The lowest BCUT2D eigenvalue weighted by atomic mass is 10.1. The van der Waals surface area contributed by atoms with Crippen LogP contribution in [0.25, 0.3) is 0 Å². The molecule has 9 heteroatoms. The van der Waals surface area contributed by atoms with Crippen LogP contribution in [-0.2, 0) is 19.4 Å². The van der Waals surface area contributed by atoms with Gasteiger partial charge >= 0.3 is 5.97 Å². The molecule has 1 amide bonds. The summed E-state index contributed by atoms with van der Waals surface area (Å²) in [7, 11) is -3.49. The Labute approximate surface area is 188 Å². The smallest absolute Gasteiger partial charge is 0.338 e. The Hall–Kier alpha value is -3.12. The molecule has 170 valence electrons. The number of ether oxygens (including phenoxy) is 1. The molecular formula is C23H27N3O5S. The zero-order chi connectivity index (χ0) is 23.6. The Morgan fingerprint density at radius 1 is 1.22 bits per heavy atom. The van der Waals surface area contributed by atoms with Gasteiger partial charge in [-0.05, 0) is 56.9 Å². The van der Waals surface area contributed by atoms with E-state index >= 15 is 0 Å². The lowest BCUT2D eigenvalue weighted by Crippen LogP contribution is -2.24. The van der Waals surface area contributed by atoms with E-state index in [2.05, 4.69) is 11.4 Å². The Morgan fingerprint density at radius 3 is 2.47 bits per heavy atom. The maximum absolute atomic E-state index is 12.6. The highest BCUT2D eigenvalue weighted by molar-refractivity contribution is 7.90. The first-order chi connectivity index (χ1) is 15.0. The number of sulfone groups is 1. The third kappa shape index (κ3) is 4.70. The number of esters is 1. The van der Waals surface area contributed by atoms with Gasteiger partial charge in [0.25, 0.3) is 5.91 Å². The van der Waals surface area contributed by atoms with Crippen LogP contribution in [0, 0.1) is 32.1 Å². The monoisotopic (exact) mass is 457 g/mol. The largest absolute Gasteiger partial charge is 0.452 e. The summed E-state index contributed by atoms with van der Waals surface area (Å²) in [6.45, 7) is 4.89. The molecule has 0 aliphatic heterocycles. The summed E-state index contributed by atoms with van der Waals surface area (Å²) >= 11 is 0. The van der Waals surface area contributed by atoms with Crippen molar-refractivity contribution in [3.8, 4) is 6.07 Å². The van der Waals surface area contributed by atoms with E-state index in [1.807, 2.05) is 18.4 Å². The van der Waals surface area contributed by atoms with Gasteiger partial charge in [-0.2, -0.15) is 5.26 Å². The normalized spacial score (nSPS) is 14.2. The van der Waals surface area contributed by atoms with Crippen LogP contribution in [0.2, 0.25) is 0 Å². The maximum Gasteiger partial charge on any atom is 0.338 e. The van der Waals surface area contributed by atoms with Crippen molar-refractivity contribution >= 4 is 27.5 Å². The SMILES string of the molecule is Cc1ccc(S(C)(=O)=O)cc1C(=O)OCC(=O)Nc1c(C#N)c(C)c(C)n1C1CCCC1. The van der Waals surface area contributed by atoms with E-state index < -0.39 is 28.3 Å². The summed E-state index contributed by atoms with van der Waals surface area (Å²) in [5.74, 6) is -0.920. The van der Waals surface area contributed by atoms with Crippen molar-refractivity contribution in [3.05, 3.63) is 46.1 Å². The number of carbonyl (C=O) groups is 2. The lowest BCUT2D eigenvalue weighted by molar-refractivity contribution is -0.119. The molecule has 3 rings (SSSR count). The molecule has 1 aliphatic carbocycles. The fraction of sp³-hybridized carbons (Fsp3) is 0.435. The number of carbonyl (C=O) groups excluding carboxylic acids is 2. The maximum atomic E-state index is 12.6. The van der Waals surface area contributed by atoms with Gasteiger partial charge in [0.2, 0.25) is 0 Å². The van der Waals surface area contributed by atoms with Crippen LogP contribution in [0.5, 0.6) is 0 Å². The first kappa shape index (κ1) is 23.5. The van der Waals surface area contributed by atoms with Crippen LogP contribution >= 0.6 is 0 Å². The number of anilines is 1. The molecule has 1 saturated carbocycles. The van der Waals surface area contributed by atoms with Crippen molar-refractivity contribution in [1.29, 1.82) is 5.26 Å². The number of nitrogens with one attached hydrogen (secondary N) is 1. The van der Waals surface area contributed by atoms with Crippen molar-refractivity contribution in [2.45, 2.75) is 57.4 Å². The van der Waals surface area contributed by atoms with Crippen molar-refractivity contribution in [2.75, 3.05) is 18.2 Å². The molecule has 1 N–H and O–H groups in total. The molecule has 1 aromatic heterocycles. The highest BCUT2D eigenvalue weighted by Gasteiger charge is 2.27. The van der Waals surface area contributed by atoms with E-state index in [4.69, 9.17) is 4.74 Å². The van der Waals surface area contributed by atoms with Gasteiger partial charge in [0.05, 0.1) is 16.0 Å². The number of hydrogen-bond acceptors (Lipinski definition) is 6. The second-order valence-electron chi connectivity index (χ2n) is 8.23. The Bertz CT molecular complexity index is 1220. The molecule has 0 bridgehead atoms. The van der Waals surface area contributed by atoms with Gasteiger partial charge in [-0.25, -0.2) is 13.2 Å². The summed E-state index contributed by atoms with van der Waals surface area (Å²) in [5, 5.41) is 12.4. The zero-order valence-electron chi connectivity index (χ0n) is 18.7. The number of amides is 1. The fourth-order valence-corrected chi connectivity index (χ4v) is 4.78. The molecule has 2 aromatic rings. The minimum Gasteiger partial charge on any atom is -0.452 e. The summed E-state index contributed by atoms with van der Waals surface area (Å²) in [5.41, 5.74) is 2.79. The minimum atomic E-state index is -3.49. The summed E-state index contributed by atoms with van der Waals surface area (Å²) in [4.78, 5) is 25.1. The van der Waals surface area contributed by atoms with Gasteiger partial charge in [0.15, 0.2) is 16.4 Å². The molecule has 0 atom stereocenters. The molecule has 0 saturated heterocycles. The third-order valence-electron chi connectivity index (χ3n) is 6.01. The van der Waals surface area contributed by atoms with Crippen LogP contribution in [0.1, 0.15) is 64.5 Å². The number of rotatable bonds is 6. The van der Waals surface area contributed by atoms with Gasteiger partial charge in [-0.1, -0.05) is 18.9 Å². The van der Waals surface area contributed by atoms with E-state index in [-0.39, 0.29) is 16.5 Å². The number of hydrogen-bond donors (Lipinski definition) is 1. The highest BCUT2D eigenvalue weighted by Crippen LogP contribution is 2.37. The predicted octanol–water partition coefficient (Wildman–Crippen LogP) is 3.60. The molecule has 0 radical (unpaired) electrons. The van der Waals surface area contributed by atoms with Gasteiger partial charge in [-0.15, -0.1) is 0 Å². The molecule has 0 unspecified atom stereocenters. The van der Waals surface area contributed by atoms with Crippen LogP contribution in [0.15, 0.2) is 23.1 Å². The van der Waals surface area contributed by atoms with Gasteiger partial charge in [0.1, 0.15) is 11.9 Å². The Balaban J connectivity index is 1.77. The van der Waals surface area contributed by atoms with Crippen LogP contribution in [0.4, 0.5) is 5.82 Å². The van der Waals surface area contributed by atoms with E-state index in [9.17, 15) is 23.3 Å². The van der Waals surface area contributed by atoms with E-state index in [0.717, 1.165) is 43.2 Å². The number of nitriles is 1. The average molecular weight is 458 g/mol. The summed E-state index contributed by atoms with van der Waals surface area (Å²) < 4.78 is 30.7. The number of aromatic nitrogens is 1. The van der Waals surface area contributed by atoms with Crippen molar-refractivity contribution < 1.29 is 22.7 Å². The minimum absolute atomic E-state index is 0.00138. The topological polar surface area (TPSA) is 118 Å². The van der Waals surface area contributed by atoms with E-state index in [1.165, 1.54) is 18.2 Å². The van der Waals surface area contributed by atoms with Gasteiger partial charge in [-0.3, -0.25) is 4.79 Å². The van der Waals surface area contributed by atoms with Crippen molar-refractivity contribution in [3.63, 3.8) is 0 Å². The molecule has 0 spiro atoms.